The van der Waals surface area contributed by atoms with Gasteiger partial charge in [0, 0.05) is 28.9 Å². The van der Waals surface area contributed by atoms with Crippen LogP contribution in [0.1, 0.15) is 42.8 Å². The van der Waals surface area contributed by atoms with Gasteiger partial charge >= 0.3 is 0 Å². The van der Waals surface area contributed by atoms with Crippen molar-refractivity contribution < 1.29 is 0 Å². The second-order valence-corrected chi connectivity index (χ2v) is 8.49. The third-order valence-corrected chi connectivity index (χ3v) is 6.21. The van der Waals surface area contributed by atoms with E-state index in [4.69, 9.17) is 4.98 Å². The number of pyridine rings is 1. The second kappa shape index (κ2) is 8.98. The molecule has 33 heavy (non-hydrogen) atoms. The van der Waals surface area contributed by atoms with Gasteiger partial charge in [0.25, 0.3) is 0 Å². The zero-order valence-corrected chi connectivity index (χ0v) is 19.3. The molecule has 0 unspecified atom stereocenters. The van der Waals surface area contributed by atoms with E-state index in [1.54, 1.807) is 0 Å². The topological polar surface area (TPSA) is 72.3 Å². The maximum atomic E-state index is 5.00. The third kappa shape index (κ3) is 4.04. The molecule has 0 aliphatic heterocycles. The first-order valence-electron chi connectivity index (χ1n) is 11.6. The molecular formula is C27H28N6. The molecule has 0 aliphatic carbocycles. The molecule has 5 aromatic rings. The van der Waals surface area contributed by atoms with Gasteiger partial charge in [-0.1, -0.05) is 68.8 Å². The Morgan fingerprint density at radius 3 is 2.42 bits per heavy atom. The number of tetrazole rings is 1. The summed E-state index contributed by atoms with van der Waals surface area (Å²) in [5, 5.41) is 15.7. The average Bonchev–Trinajstić information content (AvgIpc) is 3.49. The van der Waals surface area contributed by atoms with Crippen LogP contribution in [-0.2, 0) is 19.4 Å². The lowest BCUT2D eigenvalue weighted by Crippen LogP contribution is -2.06. The Morgan fingerprint density at radius 2 is 1.73 bits per heavy atom. The fourth-order valence-electron chi connectivity index (χ4n) is 4.50. The van der Waals surface area contributed by atoms with Gasteiger partial charge in [-0.05, 0) is 64.6 Å². The fourth-order valence-corrected chi connectivity index (χ4v) is 4.50. The number of H-pyrrole nitrogens is 1. The van der Waals surface area contributed by atoms with Crippen molar-refractivity contribution in [1.82, 2.24) is 30.2 Å². The van der Waals surface area contributed by atoms with E-state index in [1.807, 2.05) is 18.2 Å². The van der Waals surface area contributed by atoms with Gasteiger partial charge in [-0.15, -0.1) is 5.10 Å². The standard InChI is InChI=1S/C27H28N6/c1-4-8-22-16-25-18(3)15-21(5-2)28-27(25)33(22)17-19-11-13-20(14-12-19)23-9-6-7-10-24(23)26-29-31-32-30-26/h6-7,9-16H,4-5,8,17H2,1-3H3,(H,29,30,31,32). The lowest BCUT2D eigenvalue weighted by atomic mass is 9.98. The molecule has 6 heteroatoms. The van der Waals surface area contributed by atoms with Gasteiger partial charge in [0.2, 0.25) is 0 Å². The first-order valence-corrected chi connectivity index (χ1v) is 11.6. The van der Waals surface area contributed by atoms with Crippen molar-refractivity contribution in [3.63, 3.8) is 0 Å². The minimum absolute atomic E-state index is 0.672. The van der Waals surface area contributed by atoms with E-state index in [0.29, 0.717) is 5.82 Å². The van der Waals surface area contributed by atoms with Crippen LogP contribution in [0.25, 0.3) is 33.5 Å². The predicted octanol–water partition coefficient (Wildman–Crippen LogP) is 5.76. The normalized spacial score (nSPS) is 11.4. The molecule has 0 atom stereocenters. The minimum Gasteiger partial charge on any atom is -0.325 e. The average molecular weight is 437 g/mol. The molecule has 0 fully saturated rings. The van der Waals surface area contributed by atoms with Gasteiger partial charge in [-0.2, -0.15) is 0 Å². The molecular weight excluding hydrogens is 408 g/mol. The van der Waals surface area contributed by atoms with Crippen LogP contribution >= 0.6 is 0 Å². The van der Waals surface area contributed by atoms with Crippen molar-refractivity contribution in [1.29, 1.82) is 0 Å². The van der Waals surface area contributed by atoms with Crippen molar-refractivity contribution >= 4 is 11.0 Å². The Labute approximate surface area is 193 Å². The van der Waals surface area contributed by atoms with Gasteiger partial charge in [-0.3, -0.25) is 0 Å². The number of benzene rings is 2. The minimum atomic E-state index is 0.672. The molecule has 0 bridgehead atoms. The lowest BCUT2D eigenvalue weighted by molar-refractivity contribution is 0.738. The molecule has 0 spiro atoms. The highest BCUT2D eigenvalue weighted by Crippen LogP contribution is 2.30. The summed E-state index contributed by atoms with van der Waals surface area (Å²) < 4.78 is 2.40. The van der Waals surface area contributed by atoms with Crippen LogP contribution in [0.15, 0.2) is 60.7 Å². The predicted molar refractivity (Wildman–Crippen MR) is 132 cm³/mol. The van der Waals surface area contributed by atoms with E-state index in [9.17, 15) is 0 Å². The molecule has 0 aliphatic rings. The Morgan fingerprint density at radius 1 is 0.939 bits per heavy atom. The van der Waals surface area contributed by atoms with Crippen LogP contribution in [0.3, 0.4) is 0 Å². The molecule has 0 saturated carbocycles. The summed E-state index contributed by atoms with van der Waals surface area (Å²) in [4.78, 5) is 5.00. The Hall–Kier alpha value is -3.80. The number of fused-ring (bicyclic) bond motifs is 1. The smallest absolute Gasteiger partial charge is 0.180 e. The summed E-state index contributed by atoms with van der Waals surface area (Å²) >= 11 is 0. The number of hydrogen-bond acceptors (Lipinski definition) is 4. The largest absolute Gasteiger partial charge is 0.325 e. The monoisotopic (exact) mass is 436 g/mol. The van der Waals surface area contributed by atoms with E-state index < -0.39 is 0 Å². The number of aryl methyl sites for hydroxylation is 3. The van der Waals surface area contributed by atoms with Gasteiger partial charge in [-0.25, -0.2) is 10.1 Å². The quantitative estimate of drug-likeness (QED) is 0.352. The number of hydrogen-bond donors (Lipinski definition) is 1. The lowest BCUT2D eigenvalue weighted by Gasteiger charge is -2.12. The molecule has 1 N–H and O–H groups in total. The molecule has 2 aromatic carbocycles. The first-order chi connectivity index (χ1) is 16.2. The Balaban J connectivity index is 1.51. The number of rotatable bonds is 7. The van der Waals surface area contributed by atoms with Crippen LogP contribution in [0, 0.1) is 6.92 Å². The third-order valence-electron chi connectivity index (χ3n) is 6.21. The van der Waals surface area contributed by atoms with Gasteiger partial charge < -0.3 is 4.57 Å². The van der Waals surface area contributed by atoms with Crippen molar-refractivity contribution in [2.24, 2.45) is 0 Å². The molecule has 3 heterocycles. The van der Waals surface area contributed by atoms with Gasteiger partial charge in [0.05, 0.1) is 0 Å². The summed E-state index contributed by atoms with van der Waals surface area (Å²) in [6, 6.07) is 21.5. The Bertz CT molecular complexity index is 1380. The molecule has 3 aromatic heterocycles. The highest BCUT2D eigenvalue weighted by molar-refractivity contribution is 5.82. The zero-order chi connectivity index (χ0) is 22.8. The van der Waals surface area contributed by atoms with E-state index in [0.717, 1.165) is 53.8 Å². The zero-order valence-electron chi connectivity index (χ0n) is 19.3. The van der Waals surface area contributed by atoms with Crippen LogP contribution in [-0.4, -0.2) is 30.2 Å². The molecule has 0 radical (unpaired) electrons. The molecule has 6 nitrogen and oxygen atoms in total. The maximum Gasteiger partial charge on any atom is 0.180 e. The number of aromatic nitrogens is 6. The molecule has 0 saturated heterocycles. The fraction of sp³-hybridized carbons (Fsp3) is 0.259. The highest BCUT2D eigenvalue weighted by atomic mass is 15.5. The van der Waals surface area contributed by atoms with E-state index in [-0.39, 0.29) is 0 Å². The molecule has 0 amide bonds. The first kappa shape index (κ1) is 21.1. The summed E-state index contributed by atoms with van der Waals surface area (Å²) in [5.41, 5.74) is 9.39. The van der Waals surface area contributed by atoms with E-state index >= 15 is 0 Å². The van der Waals surface area contributed by atoms with Crippen molar-refractivity contribution in [3.8, 4) is 22.5 Å². The van der Waals surface area contributed by atoms with E-state index in [2.05, 4.69) is 88.4 Å². The van der Waals surface area contributed by atoms with E-state index in [1.165, 1.54) is 22.2 Å². The van der Waals surface area contributed by atoms with Crippen molar-refractivity contribution in [3.05, 3.63) is 83.2 Å². The van der Waals surface area contributed by atoms with Crippen LogP contribution in [0.5, 0.6) is 0 Å². The van der Waals surface area contributed by atoms with Gasteiger partial charge in [0.15, 0.2) is 5.82 Å². The molecule has 166 valence electrons. The summed E-state index contributed by atoms with van der Waals surface area (Å²) in [5.74, 6) is 0.672. The van der Waals surface area contributed by atoms with Crippen LogP contribution < -0.4 is 0 Å². The Kier molecular flexibility index (Phi) is 5.73. The van der Waals surface area contributed by atoms with Crippen LogP contribution in [0.2, 0.25) is 0 Å². The van der Waals surface area contributed by atoms with Gasteiger partial charge in [0.1, 0.15) is 5.65 Å². The van der Waals surface area contributed by atoms with Crippen LogP contribution in [0.4, 0.5) is 0 Å². The number of aromatic amines is 1. The summed E-state index contributed by atoms with van der Waals surface area (Å²) in [6.45, 7) is 7.40. The number of nitrogens with one attached hydrogen (secondary N) is 1. The summed E-state index contributed by atoms with van der Waals surface area (Å²) in [6.07, 6.45) is 3.11. The highest BCUT2D eigenvalue weighted by Gasteiger charge is 2.14. The molecule has 5 rings (SSSR count). The number of nitrogens with zero attached hydrogens (tertiary/aromatic N) is 5. The summed E-state index contributed by atoms with van der Waals surface area (Å²) in [7, 11) is 0. The van der Waals surface area contributed by atoms with Crippen molar-refractivity contribution in [2.75, 3.05) is 0 Å². The maximum absolute atomic E-state index is 5.00. The second-order valence-electron chi connectivity index (χ2n) is 8.49. The SMILES string of the molecule is CCCc1cc2c(C)cc(CC)nc2n1Cc1ccc(-c2ccccc2-c2nnn[nH]2)cc1. The van der Waals surface area contributed by atoms with Crippen molar-refractivity contribution in [2.45, 2.75) is 46.6 Å².